The maximum atomic E-state index is 12.5. The van der Waals surface area contributed by atoms with Crippen molar-refractivity contribution in [3.05, 3.63) is 57.8 Å². The van der Waals surface area contributed by atoms with Crippen molar-refractivity contribution in [1.82, 2.24) is 0 Å². The van der Waals surface area contributed by atoms with Crippen LogP contribution in [0.15, 0.2) is 47.4 Å². The van der Waals surface area contributed by atoms with Crippen LogP contribution in [0.3, 0.4) is 0 Å². The van der Waals surface area contributed by atoms with Crippen LogP contribution < -0.4 is 11.1 Å². The van der Waals surface area contributed by atoms with Crippen molar-refractivity contribution in [2.24, 2.45) is 5.73 Å². The zero-order valence-corrected chi connectivity index (χ0v) is 13.1. The van der Waals surface area contributed by atoms with E-state index in [4.69, 9.17) is 18.0 Å². The number of nitrogens with two attached hydrogens (primary N) is 1. The molecule has 1 heterocycles. The number of anilines is 1. The van der Waals surface area contributed by atoms with Crippen molar-refractivity contribution in [3.63, 3.8) is 0 Å². The van der Waals surface area contributed by atoms with Gasteiger partial charge < -0.3 is 11.1 Å². The second-order valence-electron chi connectivity index (χ2n) is 4.41. The maximum absolute atomic E-state index is 12.5. The highest BCUT2D eigenvalue weighted by Crippen LogP contribution is 2.30. The molecule has 0 aliphatic carbocycles. The summed E-state index contributed by atoms with van der Waals surface area (Å²) < 4.78 is 37.5. The number of nitrogens with zero attached hydrogens (tertiary/aromatic N) is 1. The van der Waals surface area contributed by atoms with E-state index in [2.05, 4.69) is 5.32 Å². The van der Waals surface area contributed by atoms with Crippen molar-refractivity contribution >= 4 is 39.9 Å². The number of hydrogen-bond donors (Lipinski definition) is 2. The standard InChI is InChI=1S/C15H10F3N3S2/c16-15(17,18)9-3-5-10(6-4-9)21-14(22)11(8-19)13(20)12-2-1-7-23-12/h1-7H,20H2,(H,21,22)/b13-11-. The first kappa shape index (κ1) is 17.0. The highest BCUT2D eigenvalue weighted by Gasteiger charge is 2.30. The first-order valence-corrected chi connectivity index (χ1v) is 7.54. The van der Waals surface area contributed by atoms with Crippen molar-refractivity contribution < 1.29 is 13.2 Å². The van der Waals surface area contributed by atoms with Crippen LogP contribution >= 0.6 is 23.6 Å². The number of rotatable bonds is 3. The lowest BCUT2D eigenvalue weighted by atomic mass is 10.1. The Morgan fingerprint density at radius 2 is 1.87 bits per heavy atom. The maximum Gasteiger partial charge on any atom is 0.416 e. The fraction of sp³-hybridized carbons (Fsp3) is 0.0667. The van der Waals surface area contributed by atoms with Gasteiger partial charge in [-0.3, -0.25) is 0 Å². The summed E-state index contributed by atoms with van der Waals surface area (Å²) in [5, 5.41) is 13.8. The number of nitriles is 1. The highest BCUT2D eigenvalue weighted by molar-refractivity contribution is 7.81. The van der Waals surface area contributed by atoms with Crippen LogP contribution in [-0.2, 0) is 6.18 Å². The topological polar surface area (TPSA) is 61.8 Å². The van der Waals surface area contributed by atoms with Crippen LogP contribution in [0.1, 0.15) is 10.4 Å². The number of benzene rings is 1. The van der Waals surface area contributed by atoms with E-state index < -0.39 is 11.7 Å². The van der Waals surface area contributed by atoms with Crippen molar-refractivity contribution in [3.8, 4) is 6.07 Å². The monoisotopic (exact) mass is 353 g/mol. The Bertz CT molecular complexity index is 770. The number of nitrogens with one attached hydrogen (secondary N) is 1. The van der Waals surface area contributed by atoms with Gasteiger partial charge in [-0.2, -0.15) is 18.4 Å². The van der Waals surface area contributed by atoms with Crippen LogP contribution in [0, 0.1) is 11.3 Å². The average Bonchev–Trinajstić information content (AvgIpc) is 3.01. The molecule has 1 aromatic heterocycles. The van der Waals surface area contributed by atoms with Gasteiger partial charge in [-0.25, -0.2) is 0 Å². The third-order valence-electron chi connectivity index (χ3n) is 2.86. The SMILES string of the molecule is N#C/C(C(=S)Nc1ccc(C(F)(F)F)cc1)=C(/N)c1cccs1. The number of alkyl halides is 3. The lowest BCUT2D eigenvalue weighted by molar-refractivity contribution is -0.137. The van der Waals surface area contributed by atoms with Gasteiger partial charge in [0.2, 0.25) is 0 Å². The van der Waals surface area contributed by atoms with E-state index in [1.807, 2.05) is 11.4 Å². The Morgan fingerprint density at radius 1 is 1.22 bits per heavy atom. The van der Waals surface area contributed by atoms with E-state index >= 15 is 0 Å². The van der Waals surface area contributed by atoms with Crippen LogP contribution in [0.2, 0.25) is 0 Å². The molecular formula is C15H10F3N3S2. The van der Waals surface area contributed by atoms with Gasteiger partial charge in [-0.1, -0.05) is 18.3 Å². The van der Waals surface area contributed by atoms with E-state index in [0.29, 0.717) is 10.6 Å². The number of thiophene rings is 1. The van der Waals surface area contributed by atoms with Crippen LogP contribution in [0.4, 0.5) is 18.9 Å². The number of thiocarbonyl (C=S) groups is 1. The fourth-order valence-electron chi connectivity index (χ4n) is 1.72. The van der Waals surface area contributed by atoms with Crippen molar-refractivity contribution in [2.75, 3.05) is 5.32 Å². The molecule has 0 spiro atoms. The van der Waals surface area contributed by atoms with Gasteiger partial charge in [-0.15, -0.1) is 11.3 Å². The molecule has 8 heteroatoms. The molecule has 0 aliphatic heterocycles. The van der Waals surface area contributed by atoms with Gasteiger partial charge in [0.15, 0.2) is 0 Å². The van der Waals surface area contributed by atoms with Gasteiger partial charge in [0.05, 0.1) is 16.1 Å². The van der Waals surface area contributed by atoms with Crippen molar-refractivity contribution in [2.45, 2.75) is 6.18 Å². The molecular weight excluding hydrogens is 343 g/mol. The van der Waals surface area contributed by atoms with Crippen LogP contribution in [0.5, 0.6) is 0 Å². The minimum Gasteiger partial charge on any atom is -0.396 e. The Kier molecular flexibility index (Phi) is 5.03. The summed E-state index contributed by atoms with van der Waals surface area (Å²) >= 11 is 6.48. The number of hydrogen-bond acceptors (Lipinski definition) is 4. The summed E-state index contributed by atoms with van der Waals surface area (Å²) in [6.45, 7) is 0. The Labute approximate surface area is 139 Å². The van der Waals surface area contributed by atoms with E-state index in [-0.39, 0.29) is 16.3 Å². The molecule has 23 heavy (non-hydrogen) atoms. The molecule has 0 aliphatic rings. The summed E-state index contributed by atoms with van der Waals surface area (Å²) in [5.74, 6) is 0. The predicted molar refractivity (Wildman–Crippen MR) is 88.7 cm³/mol. The minimum absolute atomic E-state index is 0.0539. The molecule has 0 amide bonds. The number of halogens is 3. The molecule has 3 nitrogen and oxygen atoms in total. The van der Waals surface area contributed by atoms with E-state index in [9.17, 15) is 18.4 Å². The molecule has 3 N–H and O–H groups in total. The molecule has 0 atom stereocenters. The van der Waals surface area contributed by atoms with Gasteiger partial charge in [0.25, 0.3) is 0 Å². The summed E-state index contributed by atoms with van der Waals surface area (Å²) in [5.41, 5.74) is 5.80. The Hall–Kier alpha value is -2.37. The smallest absolute Gasteiger partial charge is 0.396 e. The zero-order chi connectivity index (χ0) is 17.0. The van der Waals surface area contributed by atoms with Gasteiger partial charge in [0, 0.05) is 5.69 Å². The first-order chi connectivity index (χ1) is 10.8. The first-order valence-electron chi connectivity index (χ1n) is 6.25. The Morgan fingerprint density at radius 3 is 2.35 bits per heavy atom. The summed E-state index contributed by atoms with van der Waals surface area (Å²) in [6.07, 6.45) is -4.40. The molecule has 0 saturated carbocycles. The molecule has 0 unspecified atom stereocenters. The molecule has 2 rings (SSSR count). The summed E-state index contributed by atoms with van der Waals surface area (Å²) in [7, 11) is 0. The van der Waals surface area contributed by atoms with E-state index in [1.165, 1.54) is 23.5 Å². The molecule has 118 valence electrons. The van der Waals surface area contributed by atoms with Crippen molar-refractivity contribution in [1.29, 1.82) is 5.26 Å². The highest BCUT2D eigenvalue weighted by atomic mass is 32.1. The second-order valence-corrected chi connectivity index (χ2v) is 5.76. The summed E-state index contributed by atoms with van der Waals surface area (Å²) in [4.78, 5) is 0.747. The van der Waals surface area contributed by atoms with E-state index in [0.717, 1.165) is 12.1 Å². The quantitative estimate of drug-likeness (QED) is 0.488. The predicted octanol–water partition coefficient (Wildman–Crippen LogP) is 4.40. The molecule has 2 aromatic rings. The average molecular weight is 353 g/mol. The Balaban J connectivity index is 2.21. The van der Waals surface area contributed by atoms with Crippen LogP contribution in [-0.4, -0.2) is 4.99 Å². The normalized spacial score (nSPS) is 12.3. The summed E-state index contributed by atoms with van der Waals surface area (Å²) in [6, 6.07) is 9.81. The third kappa shape index (κ3) is 4.09. The molecule has 0 radical (unpaired) electrons. The minimum atomic E-state index is -4.40. The molecule has 0 bridgehead atoms. The fourth-order valence-corrected chi connectivity index (χ4v) is 2.69. The molecule has 1 aromatic carbocycles. The molecule has 0 saturated heterocycles. The molecule has 0 fully saturated rings. The zero-order valence-electron chi connectivity index (χ0n) is 11.5. The lowest BCUT2D eigenvalue weighted by Crippen LogP contribution is -2.15. The van der Waals surface area contributed by atoms with Gasteiger partial charge in [0.1, 0.15) is 16.6 Å². The lowest BCUT2D eigenvalue weighted by Gasteiger charge is -2.11. The van der Waals surface area contributed by atoms with E-state index in [1.54, 1.807) is 12.1 Å². The third-order valence-corrected chi connectivity index (χ3v) is 4.07. The van der Waals surface area contributed by atoms with Gasteiger partial charge in [-0.05, 0) is 35.7 Å². The van der Waals surface area contributed by atoms with Gasteiger partial charge >= 0.3 is 6.18 Å². The second kappa shape index (κ2) is 6.81. The van der Waals surface area contributed by atoms with Crippen LogP contribution in [0.25, 0.3) is 5.70 Å². The largest absolute Gasteiger partial charge is 0.416 e.